The number of carbonyl (C=O) groups is 2. The Kier molecular flexibility index (Phi) is 8.44. The van der Waals surface area contributed by atoms with E-state index in [9.17, 15) is 9.59 Å². The van der Waals surface area contributed by atoms with Crippen molar-refractivity contribution in [1.82, 2.24) is 15.3 Å². The average molecular weight is 402 g/mol. The van der Waals surface area contributed by atoms with Crippen LogP contribution in [0, 0.1) is 13.8 Å². The Labute approximate surface area is 170 Å². The van der Waals surface area contributed by atoms with Crippen LogP contribution in [0.5, 0.6) is 0 Å². The fraction of sp³-hybridized carbons (Fsp3) is 0.429. The van der Waals surface area contributed by atoms with E-state index < -0.39 is 5.97 Å². The standard InChI is InChI=1S/C21H27N3O3S/c1-5-8-14(2)22-19(25)12-27-20(26)18-10-7-6-9-17(18)13-28-21-23-15(3)11-16(4)24-21/h6-7,9-11,14H,5,8,12-13H2,1-4H3,(H,22,25)/t14-/m1/s1. The third kappa shape index (κ3) is 6.96. The number of amides is 1. The quantitative estimate of drug-likeness (QED) is 0.390. The van der Waals surface area contributed by atoms with Crippen molar-refractivity contribution in [2.75, 3.05) is 6.61 Å². The summed E-state index contributed by atoms with van der Waals surface area (Å²) in [6.45, 7) is 7.56. The Balaban J connectivity index is 1.96. The van der Waals surface area contributed by atoms with Gasteiger partial charge in [-0.05, 0) is 44.9 Å². The second kappa shape index (κ2) is 10.8. The minimum absolute atomic E-state index is 0.0673. The number of hydrogen-bond acceptors (Lipinski definition) is 6. The van der Waals surface area contributed by atoms with E-state index in [-0.39, 0.29) is 18.6 Å². The van der Waals surface area contributed by atoms with Gasteiger partial charge in [-0.25, -0.2) is 14.8 Å². The Bertz CT molecular complexity index is 806. The minimum atomic E-state index is -0.504. The van der Waals surface area contributed by atoms with Crippen LogP contribution in [0.2, 0.25) is 0 Å². The molecule has 0 aliphatic heterocycles. The molecule has 28 heavy (non-hydrogen) atoms. The molecule has 150 valence electrons. The summed E-state index contributed by atoms with van der Waals surface area (Å²) in [5, 5.41) is 3.49. The maximum absolute atomic E-state index is 12.5. The first kappa shape index (κ1) is 21.9. The van der Waals surface area contributed by atoms with E-state index in [2.05, 4.69) is 22.2 Å². The lowest BCUT2D eigenvalue weighted by atomic mass is 10.1. The van der Waals surface area contributed by atoms with Gasteiger partial charge in [0.1, 0.15) is 0 Å². The lowest BCUT2D eigenvalue weighted by Gasteiger charge is -2.13. The molecule has 2 aromatic rings. The second-order valence-corrected chi connectivity index (χ2v) is 7.65. The van der Waals surface area contributed by atoms with E-state index in [4.69, 9.17) is 4.74 Å². The molecule has 6 nitrogen and oxygen atoms in total. The zero-order chi connectivity index (χ0) is 20.5. The highest BCUT2D eigenvalue weighted by Gasteiger charge is 2.15. The molecular weight excluding hydrogens is 374 g/mol. The van der Waals surface area contributed by atoms with Gasteiger partial charge in [-0.1, -0.05) is 43.3 Å². The number of benzene rings is 1. The molecule has 2 rings (SSSR count). The largest absolute Gasteiger partial charge is 0.452 e. The molecule has 0 spiro atoms. The van der Waals surface area contributed by atoms with Crippen molar-refractivity contribution in [1.29, 1.82) is 0 Å². The number of esters is 1. The van der Waals surface area contributed by atoms with Crippen molar-refractivity contribution >= 4 is 23.6 Å². The van der Waals surface area contributed by atoms with Gasteiger partial charge in [0.2, 0.25) is 0 Å². The third-order valence-corrected chi connectivity index (χ3v) is 4.92. The van der Waals surface area contributed by atoms with Crippen LogP contribution in [0.4, 0.5) is 0 Å². The molecule has 1 aromatic carbocycles. The topological polar surface area (TPSA) is 81.2 Å². The number of rotatable bonds is 9. The maximum atomic E-state index is 12.5. The zero-order valence-electron chi connectivity index (χ0n) is 16.8. The van der Waals surface area contributed by atoms with E-state index in [0.717, 1.165) is 29.8 Å². The first-order valence-corrected chi connectivity index (χ1v) is 10.4. The molecule has 1 atom stereocenters. The minimum Gasteiger partial charge on any atom is -0.452 e. The van der Waals surface area contributed by atoms with Crippen molar-refractivity contribution in [3.63, 3.8) is 0 Å². The molecule has 1 heterocycles. The fourth-order valence-electron chi connectivity index (χ4n) is 2.78. The van der Waals surface area contributed by atoms with Crippen LogP contribution in [-0.2, 0) is 15.3 Å². The Morgan fingerprint density at radius 2 is 1.86 bits per heavy atom. The summed E-state index contributed by atoms with van der Waals surface area (Å²) in [7, 11) is 0. The summed E-state index contributed by atoms with van der Waals surface area (Å²) in [5.41, 5.74) is 3.09. The van der Waals surface area contributed by atoms with Crippen molar-refractivity contribution < 1.29 is 14.3 Å². The smallest absolute Gasteiger partial charge is 0.338 e. The van der Waals surface area contributed by atoms with Gasteiger partial charge in [0, 0.05) is 23.2 Å². The summed E-state index contributed by atoms with van der Waals surface area (Å²) in [4.78, 5) is 33.2. The maximum Gasteiger partial charge on any atom is 0.338 e. The predicted molar refractivity (Wildman–Crippen MR) is 110 cm³/mol. The number of nitrogens with one attached hydrogen (secondary N) is 1. The molecule has 0 fully saturated rings. The van der Waals surface area contributed by atoms with Gasteiger partial charge in [-0.3, -0.25) is 4.79 Å². The van der Waals surface area contributed by atoms with Gasteiger partial charge in [0.15, 0.2) is 11.8 Å². The number of thioether (sulfide) groups is 1. The molecule has 1 aromatic heterocycles. The van der Waals surface area contributed by atoms with Gasteiger partial charge >= 0.3 is 5.97 Å². The molecule has 0 saturated carbocycles. The Hall–Kier alpha value is -2.41. The normalized spacial score (nSPS) is 11.7. The molecule has 1 N–H and O–H groups in total. The highest BCUT2D eigenvalue weighted by Crippen LogP contribution is 2.22. The molecule has 0 bridgehead atoms. The monoisotopic (exact) mass is 401 g/mol. The number of nitrogens with zero attached hydrogens (tertiary/aromatic N) is 2. The summed E-state index contributed by atoms with van der Waals surface area (Å²) in [6.07, 6.45) is 1.87. The Morgan fingerprint density at radius 1 is 1.18 bits per heavy atom. The van der Waals surface area contributed by atoms with Crippen LogP contribution in [-0.4, -0.2) is 34.5 Å². The van der Waals surface area contributed by atoms with Gasteiger partial charge in [-0.15, -0.1) is 0 Å². The zero-order valence-corrected chi connectivity index (χ0v) is 17.6. The second-order valence-electron chi connectivity index (χ2n) is 6.71. The lowest BCUT2D eigenvalue weighted by Crippen LogP contribution is -2.35. The summed E-state index contributed by atoms with van der Waals surface area (Å²) in [5.74, 6) is -0.255. The van der Waals surface area contributed by atoms with Gasteiger partial charge in [0.25, 0.3) is 5.91 Å². The van der Waals surface area contributed by atoms with E-state index in [1.165, 1.54) is 11.8 Å². The number of carbonyl (C=O) groups excluding carboxylic acids is 2. The van der Waals surface area contributed by atoms with Crippen molar-refractivity contribution in [2.24, 2.45) is 0 Å². The summed E-state index contributed by atoms with van der Waals surface area (Å²) in [6, 6.07) is 9.21. The number of hydrogen-bond donors (Lipinski definition) is 1. The molecule has 0 radical (unpaired) electrons. The molecule has 0 saturated heterocycles. The van der Waals surface area contributed by atoms with E-state index in [1.807, 2.05) is 39.0 Å². The van der Waals surface area contributed by atoms with E-state index >= 15 is 0 Å². The Morgan fingerprint density at radius 3 is 2.54 bits per heavy atom. The van der Waals surface area contributed by atoms with Crippen LogP contribution >= 0.6 is 11.8 Å². The molecule has 0 aliphatic carbocycles. The van der Waals surface area contributed by atoms with Crippen LogP contribution in [0.25, 0.3) is 0 Å². The highest BCUT2D eigenvalue weighted by atomic mass is 32.2. The van der Waals surface area contributed by atoms with Crippen LogP contribution in [0.3, 0.4) is 0 Å². The van der Waals surface area contributed by atoms with Crippen LogP contribution < -0.4 is 5.32 Å². The van der Waals surface area contributed by atoms with Gasteiger partial charge in [0.05, 0.1) is 5.56 Å². The molecule has 0 aliphatic rings. The average Bonchev–Trinajstić information content (AvgIpc) is 2.64. The molecule has 1 amide bonds. The van der Waals surface area contributed by atoms with Crippen molar-refractivity contribution in [2.45, 2.75) is 57.5 Å². The van der Waals surface area contributed by atoms with Crippen molar-refractivity contribution in [3.8, 4) is 0 Å². The molecule has 0 unspecified atom stereocenters. The van der Waals surface area contributed by atoms with Gasteiger partial charge in [-0.2, -0.15) is 0 Å². The number of aryl methyl sites for hydroxylation is 2. The number of ether oxygens (including phenoxy) is 1. The van der Waals surface area contributed by atoms with Gasteiger partial charge < -0.3 is 10.1 Å². The summed E-state index contributed by atoms with van der Waals surface area (Å²) < 4.78 is 5.21. The molecule has 7 heteroatoms. The third-order valence-electron chi connectivity index (χ3n) is 4.02. The van der Waals surface area contributed by atoms with E-state index in [0.29, 0.717) is 16.5 Å². The highest BCUT2D eigenvalue weighted by molar-refractivity contribution is 7.98. The van der Waals surface area contributed by atoms with E-state index in [1.54, 1.807) is 12.1 Å². The lowest BCUT2D eigenvalue weighted by molar-refractivity contribution is -0.124. The SMILES string of the molecule is CCC[C@@H](C)NC(=O)COC(=O)c1ccccc1CSc1nc(C)cc(C)n1. The number of aromatic nitrogens is 2. The first-order valence-electron chi connectivity index (χ1n) is 9.38. The first-order chi connectivity index (χ1) is 13.4. The fourth-order valence-corrected chi connectivity index (χ4v) is 3.73. The predicted octanol–water partition coefficient (Wildman–Crippen LogP) is 3.85. The van der Waals surface area contributed by atoms with Crippen molar-refractivity contribution in [3.05, 3.63) is 52.8 Å². The molecular formula is C21H27N3O3S. The summed E-state index contributed by atoms with van der Waals surface area (Å²) >= 11 is 1.46. The van der Waals surface area contributed by atoms with Crippen LogP contribution in [0.15, 0.2) is 35.5 Å². The van der Waals surface area contributed by atoms with Crippen LogP contribution in [0.1, 0.15) is 54.0 Å².